The lowest BCUT2D eigenvalue weighted by Gasteiger charge is -2.02. The molecule has 0 radical (unpaired) electrons. The summed E-state index contributed by atoms with van der Waals surface area (Å²) in [4.78, 5) is 12.0. The van der Waals surface area contributed by atoms with Gasteiger partial charge in [0.25, 0.3) is 5.89 Å². The standard InChI is InChI=1S/C13H13N5O3/c1-3-18-11-5-4-9(6-10(11)15-17-18)13(19)20-7-12-16-14-8(2)21-12/h4-6H,3,7H2,1-2H3. The Morgan fingerprint density at radius 2 is 2.19 bits per heavy atom. The molecule has 0 fully saturated rings. The van der Waals surface area contributed by atoms with Crippen LogP contribution in [0.3, 0.4) is 0 Å². The van der Waals surface area contributed by atoms with E-state index >= 15 is 0 Å². The van der Waals surface area contributed by atoms with Crippen LogP contribution in [0.2, 0.25) is 0 Å². The molecule has 0 aliphatic rings. The van der Waals surface area contributed by atoms with Crippen LogP contribution < -0.4 is 0 Å². The Morgan fingerprint density at radius 3 is 2.90 bits per heavy atom. The number of carbonyl (C=O) groups is 1. The predicted octanol–water partition coefficient (Wildman–Crippen LogP) is 1.50. The van der Waals surface area contributed by atoms with E-state index < -0.39 is 5.97 Å². The van der Waals surface area contributed by atoms with Crippen LogP contribution in [0.25, 0.3) is 11.0 Å². The van der Waals surface area contributed by atoms with Gasteiger partial charge >= 0.3 is 5.97 Å². The first-order chi connectivity index (χ1) is 10.2. The number of aryl methyl sites for hydroxylation is 2. The number of hydrogen-bond donors (Lipinski definition) is 0. The summed E-state index contributed by atoms with van der Waals surface area (Å²) in [6.45, 7) is 4.31. The molecular formula is C13H13N5O3. The molecule has 0 spiro atoms. The van der Waals surface area contributed by atoms with Crippen molar-refractivity contribution < 1.29 is 13.9 Å². The summed E-state index contributed by atoms with van der Waals surface area (Å²) < 4.78 is 12.0. The Morgan fingerprint density at radius 1 is 1.33 bits per heavy atom. The smallest absolute Gasteiger partial charge is 0.338 e. The summed E-state index contributed by atoms with van der Waals surface area (Å²) in [5.74, 6) is 0.219. The van der Waals surface area contributed by atoms with Crippen molar-refractivity contribution >= 4 is 17.0 Å². The van der Waals surface area contributed by atoms with E-state index in [4.69, 9.17) is 9.15 Å². The Kier molecular flexibility index (Phi) is 3.35. The number of nitrogens with zero attached hydrogens (tertiary/aromatic N) is 5. The van der Waals surface area contributed by atoms with Gasteiger partial charge in [-0.3, -0.25) is 0 Å². The van der Waals surface area contributed by atoms with E-state index in [1.165, 1.54) is 0 Å². The third-order valence-electron chi connectivity index (χ3n) is 2.94. The fourth-order valence-corrected chi connectivity index (χ4v) is 1.94. The van der Waals surface area contributed by atoms with E-state index in [-0.39, 0.29) is 12.5 Å². The third-order valence-corrected chi connectivity index (χ3v) is 2.94. The molecule has 0 saturated heterocycles. The molecule has 0 aliphatic heterocycles. The zero-order chi connectivity index (χ0) is 14.8. The number of aromatic nitrogens is 5. The fraction of sp³-hybridized carbons (Fsp3) is 0.308. The van der Waals surface area contributed by atoms with E-state index in [1.54, 1.807) is 29.8 Å². The molecule has 1 aromatic carbocycles. The molecule has 0 unspecified atom stereocenters. The number of esters is 1. The van der Waals surface area contributed by atoms with Crippen LogP contribution in [-0.2, 0) is 17.9 Å². The minimum Gasteiger partial charge on any atom is -0.452 e. The summed E-state index contributed by atoms with van der Waals surface area (Å²) in [5, 5.41) is 15.4. The summed E-state index contributed by atoms with van der Waals surface area (Å²) in [7, 11) is 0. The SMILES string of the molecule is CCn1nnc2cc(C(=O)OCc3nnc(C)o3)ccc21. The molecule has 3 rings (SSSR count). The molecule has 8 heteroatoms. The minimum atomic E-state index is -0.473. The van der Waals surface area contributed by atoms with Crippen molar-refractivity contribution in [2.75, 3.05) is 0 Å². The van der Waals surface area contributed by atoms with Crippen LogP contribution >= 0.6 is 0 Å². The monoisotopic (exact) mass is 287 g/mol. The van der Waals surface area contributed by atoms with Crippen molar-refractivity contribution in [2.24, 2.45) is 0 Å². The number of rotatable bonds is 4. The molecule has 0 amide bonds. The zero-order valence-corrected chi connectivity index (χ0v) is 11.6. The van der Waals surface area contributed by atoms with Gasteiger partial charge in [-0.1, -0.05) is 5.21 Å². The van der Waals surface area contributed by atoms with Crippen LogP contribution in [-0.4, -0.2) is 31.2 Å². The van der Waals surface area contributed by atoms with Crippen LogP contribution in [0.15, 0.2) is 22.6 Å². The van der Waals surface area contributed by atoms with E-state index in [2.05, 4.69) is 20.5 Å². The quantitative estimate of drug-likeness (QED) is 0.671. The lowest BCUT2D eigenvalue weighted by molar-refractivity contribution is 0.0437. The molecule has 3 aromatic rings. The van der Waals surface area contributed by atoms with Gasteiger partial charge < -0.3 is 9.15 Å². The lowest BCUT2D eigenvalue weighted by atomic mass is 10.2. The molecule has 8 nitrogen and oxygen atoms in total. The molecule has 0 bridgehead atoms. The maximum atomic E-state index is 12.0. The second kappa shape index (κ2) is 5.31. The zero-order valence-electron chi connectivity index (χ0n) is 11.6. The van der Waals surface area contributed by atoms with Gasteiger partial charge in [0.2, 0.25) is 5.89 Å². The molecule has 21 heavy (non-hydrogen) atoms. The summed E-state index contributed by atoms with van der Waals surface area (Å²) in [6.07, 6.45) is 0. The first-order valence-corrected chi connectivity index (χ1v) is 6.46. The van der Waals surface area contributed by atoms with Gasteiger partial charge in [-0.2, -0.15) is 0 Å². The van der Waals surface area contributed by atoms with E-state index in [0.29, 0.717) is 17.0 Å². The Labute approximate surface area is 119 Å². The first kappa shape index (κ1) is 13.2. The highest BCUT2D eigenvalue weighted by atomic mass is 16.5. The molecule has 0 N–H and O–H groups in total. The van der Waals surface area contributed by atoms with E-state index in [1.807, 2.05) is 6.92 Å². The van der Waals surface area contributed by atoms with Crippen molar-refractivity contribution in [3.8, 4) is 0 Å². The first-order valence-electron chi connectivity index (χ1n) is 6.46. The van der Waals surface area contributed by atoms with Crippen molar-refractivity contribution in [1.29, 1.82) is 0 Å². The van der Waals surface area contributed by atoms with Gasteiger partial charge in [-0.15, -0.1) is 15.3 Å². The summed E-state index contributed by atoms with van der Waals surface area (Å²) >= 11 is 0. The molecule has 0 atom stereocenters. The van der Waals surface area contributed by atoms with Crippen molar-refractivity contribution in [3.63, 3.8) is 0 Å². The second-order valence-corrected chi connectivity index (χ2v) is 4.40. The third kappa shape index (κ3) is 2.60. The number of benzene rings is 1. The molecule has 2 heterocycles. The highest BCUT2D eigenvalue weighted by molar-refractivity contribution is 5.93. The highest BCUT2D eigenvalue weighted by Crippen LogP contribution is 2.14. The van der Waals surface area contributed by atoms with Gasteiger partial charge in [0, 0.05) is 13.5 Å². The number of carbonyl (C=O) groups excluding carboxylic acids is 1. The average Bonchev–Trinajstić information content (AvgIpc) is 3.09. The highest BCUT2D eigenvalue weighted by Gasteiger charge is 2.12. The molecular weight excluding hydrogens is 274 g/mol. The van der Waals surface area contributed by atoms with E-state index in [9.17, 15) is 4.79 Å². The van der Waals surface area contributed by atoms with Crippen LogP contribution in [0, 0.1) is 6.92 Å². The van der Waals surface area contributed by atoms with E-state index in [0.717, 1.165) is 12.1 Å². The number of hydrogen-bond acceptors (Lipinski definition) is 7. The molecule has 0 aliphatic carbocycles. The van der Waals surface area contributed by atoms with Crippen molar-refractivity contribution in [1.82, 2.24) is 25.2 Å². The maximum absolute atomic E-state index is 12.0. The summed E-state index contributed by atoms with van der Waals surface area (Å²) in [6, 6.07) is 5.13. The van der Waals surface area contributed by atoms with Gasteiger partial charge in [0.05, 0.1) is 11.1 Å². The lowest BCUT2D eigenvalue weighted by Crippen LogP contribution is -2.05. The average molecular weight is 287 g/mol. The number of ether oxygens (including phenoxy) is 1. The van der Waals surface area contributed by atoms with Crippen LogP contribution in [0.5, 0.6) is 0 Å². The minimum absolute atomic E-state index is 0.0562. The van der Waals surface area contributed by atoms with Gasteiger partial charge in [0.1, 0.15) is 5.52 Å². The Balaban J connectivity index is 1.75. The van der Waals surface area contributed by atoms with Gasteiger partial charge in [-0.25, -0.2) is 9.48 Å². The maximum Gasteiger partial charge on any atom is 0.338 e. The predicted molar refractivity (Wildman–Crippen MR) is 71.4 cm³/mol. The molecule has 0 saturated carbocycles. The topological polar surface area (TPSA) is 95.9 Å². The number of fused-ring (bicyclic) bond motifs is 1. The second-order valence-electron chi connectivity index (χ2n) is 4.40. The normalized spacial score (nSPS) is 11.0. The Hall–Kier alpha value is -2.77. The fourth-order valence-electron chi connectivity index (χ4n) is 1.94. The van der Waals surface area contributed by atoms with Gasteiger partial charge in [0.15, 0.2) is 6.61 Å². The van der Waals surface area contributed by atoms with Gasteiger partial charge in [-0.05, 0) is 25.1 Å². The Bertz CT molecular complexity index is 792. The van der Waals surface area contributed by atoms with Crippen molar-refractivity contribution in [2.45, 2.75) is 27.0 Å². The van der Waals surface area contributed by atoms with Crippen molar-refractivity contribution in [3.05, 3.63) is 35.5 Å². The van der Waals surface area contributed by atoms with Crippen LogP contribution in [0.4, 0.5) is 0 Å². The largest absolute Gasteiger partial charge is 0.452 e. The molecule has 2 aromatic heterocycles. The molecule has 108 valence electrons. The van der Waals surface area contributed by atoms with Crippen LogP contribution in [0.1, 0.15) is 29.1 Å². The summed E-state index contributed by atoms with van der Waals surface area (Å²) in [5.41, 5.74) is 1.93.